The lowest BCUT2D eigenvalue weighted by Gasteiger charge is -2.18. The van der Waals surface area contributed by atoms with Crippen LogP contribution in [0.25, 0.3) is 0 Å². The Hall–Kier alpha value is -4.97. The summed E-state index contributed by atoms with van der Waals surface area (Å²) in [4.78, 5) is 38.0. The molecule has 0 rings (SSSR count). The maximum absolute atomic E-state index is 12.8. The van der Waals surface area contributed by atoms with Crippen LogP contribution in [0.1, 0.15) is 226 Å². The van der Waals surface area contributed by atoms with Crippen LogP contribution in [0, 0.1) is 0 Å². The maximum Gasteiger partial charge on any atom is 0.306 e. The van der Waals surface area contributed by atoms with Gasteiger partial charge < -0.3 is 14.2 Å². The lowest BCUT2D eigenvalue weighted by molar-refractivity contribution is -0.166. The number of carbonyl (C=O) groups is 3. The van der Waals surface area contributed by atoms with Crippen LogP contribution in [0.5, 0.6) is 0 Å². The second-order valence-corrected chi connectivity index (χ2v) is 18.4. The van der Waals surface area contributed by atoms with Crippen molar-refractivity contribution in [3.63, 3.8) is 0 Å². The van der Waals surface area contributed by atoms with Crippen molar-refractivity contribution >= 4 is 17.9 Å². The molecule has 0 amide bonds. The molecule has 408 valence electrons. The van der Waals surface area contributed by atoms with Gasteiger partial charge in [-0.3, -0.25) is 14.4 Å². The molecule has 0 aliphatic rings. The quantitative estimate of drug-likeness (QED) is 0.0261. The average Bonchev–Trinajstić information content (AvgIpc) is 3.39. The molecule has 73 heavy (non-hydrogen) atoms. The van der Waals surface area contributed by atoms with Crippen molar-refractivity contribution in [3.8, 4) is 0 Å². The molecule has 0 aromatic heterocycles. The van der Waals surface area contributed by atoms with Crippen molar-refractivity contribution in [3.05, 3.63) is 158 Å². The number of allylic oxidation sites excluding steroid dienone is 26. The second-order valence-electron chi connectivity index (χ2n) is 18.4. The third kappa shape index (κ3) is 57.8. The van der Waals surface area contributed by atoms with E-state index in [1.54, 1.807) is 0 Å². The van der Waals surface area contributed by atoms with Gasteiger partial charge in [0.15, 0.2) is 6.10 Å². The van der Waals surface area contributed by atoms with E-state index in [4.69, 9.17) is 14.2 Å². The molecule has 0 heterocycles. The molecule has 0 aromatic carbocycles. The summed E-state index contributed by atoms with van der Waals surface area (Å²) in [6.45, 7) is 6.18. The first-order chi connectivity index (χ1) is 36.0. The van der Waals surface area contributed by atoms with E-state index in [-0.39, 0.29) is 31.6 Å². The fraction of sp³-hybridized carbons (Fsp3) is 0.567. The lowest BCUT2D eigenvalue weighted by atomic mass is 10.1. The van der Waals surface area contributed by atoms with Crippen molar-refractivity contribution in [2.75, 3.05) is 13.2 Å². The number of carbonyl (C=O) groups excluding carboxylic acids is 3. The number of unbranched alkanes of at least 4 members (excludes halogenated alkanes) is 13. The van der Waals surface area contributed by atoms with E-state index in [2.05, 4.69) is 167 Å². The third-order valence-corrected chi connectivity index (χ3v) is 11.5. The maximum atomic E-state index is 12.8. The minimum absolute atomic E-state index is 0.125. The highest BCUT2D eigenvalue weighted by molar-refractivity contribution is 5.71. The fourth-order valence-electron chi connectivity index (χ4n) is 7.30. The molecule has 0 spiro atoms. The number of rotatable bonds is 50. The Kier molecular flexibility index (Phi) is 55.5. The zero-order valence-electron chi connectivity index (χ0n) is 46.6. The Labute approximate surface area is 448 Å². The predicted octanol–water partition coefficient (Wildman–Crippen LogP) is 19.8. The van der Waals surface area contributed by atoms with E-state index in [9.17, 15) is 14.4 Å². The first kappa shape index (κ1) is 68.0. The topological polar surface area (TPSA) is 78.9 Å². The van der Waals surface area contributed by atoms with Gasteiger partial charge >= 0.3 is 17.9 Å². The van der Waals surface area contributed by atoms with Crippen molar-refractivity contribution in [1.82, 2.24) is 0 Å². The Morgan fingerprint density at radius 1 is 0.274 bits per heavy atom. The smallest absolute Gasteiger partial charge is 0.306 e. The predicted molar refractivity (Wildman–Crippen MR) is 315 cm³/mol. The molecule has 0 aliphatic carbocycles. The van der Waals surface area contributed by atoms with Gasteiger partial charge in [0.1, 0.15) is 13.2 Å². The molecule has 6 nitrogen and oxygen atoms in total. The molecular weight excluding hydrogens is 901 g/mol. The minimum atomic E-state index is -0.837. The van der Waals surface area contributed by atoms with Gasteiger partial charge in [-0.15, -0.1) is 0 Å². The molecule has 0 fully saturated rings. The van der Waals surface area contributed by atoms with Gasteiger partial charge in [0.05, 0.1) is 0 Å². The molecule has 0 bridgehead atoms. The van der Waals surface area contributed by atoms with Gasteiger partial charge in [0.25, 0.3) is 0 Å². The van der Waals surface area contributed by atoms with E-state index in [1.165, 1.54) is 44.9 Å². The van der Waals surface area contributed by atoms with Gasteiger partial charge in [-0.1, -0.05) is 237 Å². The summed E-state index contributed by atoms with van der Waals surface area (Å²) in [6, 6.07) is 0. The summed E-state index contributed by atoms with van der Waals surface area (Å²) < 4.78 is 16.7. The zero-order chi connectivity index (χ0) is 52.9. The lowest BCUT2D eigenvalue weighted by Crippen LogP contribution is -2.30. The van der Waals surface area contributed by atoms with Crippen LogP contribution in [0.4, 0.5) is 0 Å². The second kappa shape index (κ2) is 59.6. The fourth-order valence-corrected chi connectivity index (χ4v) is 7.30. The first-order valence-corrected chi connectivity index (χ1v) is 29.0. The van der Waals surface area contributed by atoms with Crippen LogP contribution in [0.15, 0.2) is 158 Å². The number of esters is 3. The summed E-state index contributed by atoms with van der Waals surface area (Å²) in [6.07, 6.45) is 86.9. The summed E-state index contributed by atoms with van der Waals surface area (Å²) >= 11 is 0. The Morgan fingerprint density at radius 2 is 0.521 bits per heavy atom. The SMILES string of the molecule is CC/C=C\C/C=C\C/C=C\C/C=C\C/C=C\C/C=C\CCCCCCCCCCCCC(=O)OCC(COC(=O)CCCCC/C=C\C/C=C\C/C=C\CC)OC(=O)CC/C=C\C/C=C\C/C=C\C/C=C\CC. The molecule has 0 aliphatic heterocycles. The standard InChI is InChI=1S/C67H104O6/c1-4-7-10-13-16-19-22-25-26-27-28-29-30-31-32-33-34-35-36-37-38-39-40-43-45-48-51-54-57-60-66(69)72-63-64(73-67(70)61-58-55-52-49-46-42-24-21-18-15-12-9-6-3)62-71-65(68)59-56-53-50-47-44-41-23-20-17-14-11-8-5-2/h7-12,16-21,25-26,28-29,31-32,34-35,41-42,44,46,52,55,64H,4-6,13-15,22-24,27,30,33,36-40,43,45,47-51,53-54,56-63H2,1-3H3/b10-7-,11-8-,12-9-,19-16-,20-17-,21-18-,26-25-,29-28-,32-31-,35-34-,44-41-,46-42-,55-52-. The van der Waals surface area contributed by atoms with Crippen LogP contribution in [-0.2, 0) is 28.6 Å². The van der Waals surface area contributed by atoms with Gasteiger partial charge in [-0.25, -0.2) is 0 Å². The molecule has 6 heteroatoms. The Bertz CT molecular complexity index is 1670. The average molecular weight is 1010 g/mol. The van der Waals surface area contributed by atoms with Gasteiger partial charge in [-0.2, -0.15) is 0 Å². The summed E-state index contributed by atoms with van der Waals surface area (Å²) in [5.41, 5.74) is 0. The highest BCUT2D eigenvalue weighted by Crippen LogP contribution is 2.14. The molecule has 0 aromatic rings. The Balaban J connectivity index is 4.34. The van der Waals surface area contributed by atoms with Gasteiger partial charge in [-0.05, 0) is 128 Å². The van der Waals surface area contributed by atoms with Crippen molar-refractivity contribution in [1.29, 1.82) is 0 Å². The largest absolute Gasteiger partial charge is 0.462 e. The monoisotopic (exact) mass is 1000 g/mol. The summed E-state index contributed by atoms with van der Waals surface area (Å²) in [5.74, 6) is -1.05. The highest BCUT2D eigenvalue weighted by atomic mass is 16.6. The summed E-state index contributed by atoms with van der Waals surface area (Å²) in [7, 11) is 0. The molecule has 1 unspecified atom stereocenters. The van der Waals surface area contributed by atoms with E-state index in [0.717, 1.165) is 135 Å². The normalized spacial score (nSPS) is 13.3. The molecule has 1 atom stereocenters. The number of hydrogen-bond acceptors (Lipinski definition) is 6. The number of ether oxygens (including phenoxy) is 3. The van der Waals surface area contributed by atoms with Crippen LogP contribution < -0.4 is 0 Å². The summed E-state index contributed by atoms with van der Waals surface area (Å²) in [5, 5.41) is 0. The molecule has 0 saturated carbocycles. The minimum Gasteiger partial charge on any atom is -0.462 e. The van der Waals surface area contributed by atoms with Crippen molar-refractivity contribution < 1.29 is 28.6 Å². The highest BCUT2D eigenvalue weighted by Gasteiger charge is 2.19. The van der Waals surface area contributed by atoms with Crippen LogP contribution >= 0.6 is 0 Å². The Morgan fingerprint density at radius 3 is 0.836 bits per heavy atom. The van der Waals surface area contributed by atoms with E-state index < -0.39 is 12.1 Å². The van der Waals surface area contributed by atoms with E-state index in [1.807, 2.05) is 12.2 Å². The van der Waals surface area contributed by atoms with Crippen molar-refractivity contribution in [2.45, 2.75) is 232 Å². The van der Waals surface area contributed by atoms with E-state index in [0.29, 0.717) is 19.3 Å². The molecule has 0 radical (unpaired) electrons. The number of hydrogen-bond donors (Lipinski definition) is 0. The van der Waals surface area contributed by atoms with Crippen LogP contribution in [-0.4, -0.2) is 37.2 Å². The van der Waals surface area contributed by atoms with Gasteiger partial charge in [0, 0.05) is 19.3 Å². The molecule has 0 saturated heterocycles. The van der Waals surface area contributed by atoms with Crippen LogP contribution in [0.3, 0.4) is 0 Å². The molecule has 0 N–H and O–H groups in total. The molecular formula is C67H104O6. The third-order valence-electron chi connectivity index (χ3n) is 11.5. The van der Waals surface area contributed by atoms with Crippen molar-refractivity contribution in [2.24, 2.45) is 0 Å². The zero-order valence-corrected chi connectivity index (χ0v) is 46.6. The van der Waals surface area contributed by atoms with Crippen LogP contribution in [0.2, 0.25) is 0 Å². The van der Waals surface area contributed by atoms with E-state index >= 15 is 0 Å². The first-order valence-electron chi connectivity index (χ1n) is 29.0. The van der Waals surface area contributed by atoms with Gasteiger partial charge in [0.2, 0.25) is 0 Å².